The summed E-state index contributed by atoms with van der Waals surface area (Å²) in [5.74, 6) is -0.145. The largest absolute Gasteiger partial charge is 0.396 e. The van der Waals surface area contributed by atoms with Gasteiger partial charge in [0.25, 0.3) is 0 Å². The van der Waals surface area contributed by atoms with E-state index in [1.165, 1.54) is 12.7 Å². The number of aromatic nitrogens is 4. The summed E-state index contributed by atoms with van der Waals surface area (Å²) in [5, 5.41) is 9.77. The van der Waals surface area contributed by atoms with Crippen LogP contribution in [0.2, 0.25) is 0 Å². The second kappa shape index (κ2) is 7.51. The Balaban J connectivity index is 1.85. The molecule has 10 heteroatoms. The van der Waals surface area contributed by atoms with Gasteiger partial charge in [-0.2, -0.15) is 0 Å². The van der Waals surface area contributed by atoms with E-state index in [-0.39, 0.29) is 18.8 Å². The summed E-state index contributed by atoms with van der Waals surface area (Å²) >= 11 is 0. The van der Waals surface area contributed by atoms with Crippen LogP contribution in [-0.2, 0) is 11.1 Å². The van der Waals surface area contributed by atoms with Crippen LogP contribution in [0, 0.1) is 5.92 Å². The van der Waals surface area contributed by atoms with E-state index in [9.17, 15) is 19.5 Å². The van der Waals surface area contributed by atoms with Crippen LogP contribution in [0.25, 0.3) is 11.2 Å². The van der Waals surface area contributed by atoms with Crippen molar-refractivity contribution in [1.82, 2.24) is 19.5 Å². The van der Waals surface area contributed by atoms with Gasteiger partial charge in [0.15, 0.2) is 11.5 Å². The third kappa shape index (κ3) is 3.91. The van der Waals surface area contributed by atoms with Crippen LogP contribution in [0.3, 0.4) is 0 Å². The molecule has 2 heterocycles. The molecule has 5 N–H and O–H groups in total. The monoisotopic (exact) mass is 377 g/mol. The van der Waals surface area contributed by atoms with Gasteiger partial charge in [0.05, 0.1) is 12.0 Å². The zero-order valence-electron chi connectivity index (χ0n) is 13.9. The standard InChI is InChI=1S/C16H20N5O4P/c17-15-14-16(19-9-18-15)21(10-20-14)7-11(8-22)6-13(26(23,24)25)12-4-2-1-3-5-12/h1-5,9-11,13,22H,6-8H2,(H2,17,18,19)(H2,23,24,25). The van der Waals surface area contributed by atoms with Crippen molar-refractivity contribution in [3.8, 4) is 0 Å². The molecule has 0 saturated heterocycles. The molecule has 2 unspecified atom stereocenters. The first kappa shape index (κ1) is 18.5. The van der Waals surface area contributed by atoms with Gasteiger partial charge >= 0.3 is 7.60 Å². The van der Waals surface area contributed by atoms with E-state index in [2.05, 4.69) is 15.0 Å². The third-order valence-electron chi connectivity index (χ3n) is 4.29. The van der Waals surface area contributed by atoms with E-state index in [1.54, 1.807) is 34.9 Å². The van der Waals surface area contributed by atoms with Crippen LogP contribution in [0.1, 0.15) is 17.6 Å². The molecule has 0 bridgehead atoms. The van der Waals surface area contributed by atoms with Crippen molar-refractivity contribution in [2.75, 3.05) is 12.3 Å². The lowest BCUT2D eigenvalue weighted by molar-refractivity contribution is 0.198. The Kier molecular flexibility index (Phi) is 5.33. The highest BCUT2D eigenvalue weighted by molar-refractivity contribution is 7.52. The van der Waals surface area contributed by atoms with E-state index >= 15 is 0 Å². The van der Waals surface area contributed by atoms with Crippen molar-refractivity contribution in [3.63, 3.8) is 0 Å². The van der Waals surface area contributed by atoms with Gasteiger partial charge in [0.2, 0.25) is 0 Å². The number of nitrogens with zero attached hydrogens (tertiary/aromatic N) is 4. The van der Waals surface area contributed by atoms with Gasteiger partial charge in [0, 0.05) is 19.1 Å². The molecule has 0 amide bonds. The number of anilines is 1. The molecule has 0 aliphatic carbocycles. The van der Waals surface area contributed by atoms with Crippen molar-refractivity contribution in [2.45, 2.75) is 18.6 Å². The Bertz CT molecular complexity index is 927. The maximum Gasteiger partial charge on any atom is 0.332 e. The molecule has 3 rings (SSSR count). The smallest absolute Gasteiger partial charge is 0.332 e. The number of rotatable bonds is 7. The molecule has 9 nitrogen and oxygen atoms in total. The van der Waals surface area contributed by atoms with Crippen LogP contribution in [0.5, 0.6) is 0 Å². The minimum absolute atomic E-state index is 0.116. The fraction of sp³-hybridized carbons (Fsp3) is 0.312. The Morgan fingerprint density at radius 3 is 2.54 bits per heavy atom. The molecule has 0 aliphatic rings. The Labute approximate surface area is 149 Å². The number of benzene rings is 1. The van der Waals surface area contributed by atoms with E-state index in [4.69, 9.17) is 5.73 Å². The molecule has 2 aromatic heterocycles. The summed E-state index contributed by atoms with van der Waals surface area (Å²) in [6.07, 6.45) is 2.98. The number of hydrogen-bond acceptors (Lipinski definition) is 6. The highest BCUT2D eigenvalue weighted by atomic mass is 31.2. The quantitative estimate of drug-likeness (QED) is 0.451. The zero-order chi connectivity index (χ0) is 18.7. The zero-order valence-corrected chi connectivity index (χ0v) is 14.8. The van der Waals surface area contributed by atoms with Crippen molar-refractivity contribution in [2.24, 2.45) is 5.92 Å². The first-order chi connectivity index (χ1) is 12.4. The molecule has 2 atom stereocenters. The SMILES string of the molecule is Nc1ncnc2c1ncn2CC(CO)CC(c1ccccc1)P(=O)(O)O. The fourth-order valence-corrected chi connectivity index (χ4v) is 4.11. The second-order valence-electron chi connectivity index (χ2n) is 6.13. The molecule has 26 heavy (non-hydrogen) atoms. The summed E-state index contributed by atoms with van der Waals surface area (Å²) in [7, 11) is -4.39. The van der Waals surface area contributed by atoms with Gasteiger partial charge < -0.3 is 25.2 Å². The van der Waals surface area contributed by atoms with Gasteiger partial charge in [-0.3, -0.25) is 4.57 Å². The Hall–Kier alpha value is -2.32. The number of aliphatic hydroxyl groups excluding tert-OH is 1. The minimum Gasteiger partial charge on any atom is -0.396 e. The number of hydrogen-bond donors (Lipinski definition) is 4. The number of fused-ring (bicyclic) bond motifs is 1. The van der Waals surface area contributed by atoms with E-state index in [0.29, 0.717) is 23.3 Å². The molecule has 0 spiro atoms. The number of nitrogens with two attached hydrogens (primary N) is 1. The first-order valence-electron chi connectivity index (χ1n) is 8.02. The topological polar surface area (TPSA) is 147 Å². The molecule has 1 aromatic carbocycles. The molecular formula is C16H20N5O4P. The lowest BCUT2D eigenvalue weighted by Crippen LogP contribution is -2.18. The molecule has 3 aromatic rings. The van der Waals surface area contributed by atoms with Crippen LogP contribution in [0.4, 0.5) is 5.82 Å². The summed E-state index contributed by atoms with van der Waals surface area (Å²) in [6.45, 7) is 0.0658. The van der Waals surface area contributed by atoms with Crippen LogP contribution in [-0.4, -0.2) is 41.0 Å². The second-order valence-corrected chi connectivity index (χ2v) is 7.93. The van der Waals surface area contributed by atoms with Crippen molar-refractivity contribution < 1.29 is 19.5 Å². The maximum absolute atomic E-state index is 12.0. The van der Waals surface area contributed by atoms with Gasteiger partial charge in [-0.1, -0.05) is 30.3 Å². The molecule has 0 saturated carbocycles. The van der Waals surface area contributed by atoms with Gasteiger partial charge in [-0.25, -0.2) is 15.0 Å². The molecule has 0 radical (unpaired) electrons. The molecular weight excluding hydrogens is 357 g/mol. The minimum atomic E-state index is -4.39. The summed E-state index contributed by atoms with van der Waals surface area (Å²) in [6, 6.07) is 8.60. The predicted molar refractivity (Wildman–Crippen MR) is 96.2 cm³/mol. The van der Waals surface area contributed by atoms with Crippen LogP contribution < -0.4 is 5.73 Å². The van der Waals surface area contributed by atoms with E-state index in [1.807, 2.05) is 0 Å². The summed E-state index contributed by atoms with van der Waals surface area (Å²) in [5.41, 5.74) is 6.29. The first-order valence-corrected chi connectivity index (χ1v) is 9.70. The highest BCUT2D eigenvalue weighted by Crippen LogP contribution is 2.54. The summed E-state index contributed by atoms with van der Waals surface area (Å²) in [4.78, 5) is 31.8. The lowest BCUT2D eigenvalue weighted by atomic mass is 9.99. The third-order valence-corrected chi connectivity index (χ3v) is 5.61. The number of aliphatic hydroxyl groups is 1. The van der Waals surface area contributed by atoms with Crippen molar-refractivity contribution in [3.05, 3.63) is 48.5 Å². The fourth-order valence-electron chi connectivity index (χ4n) is 2.98. The van der Waals surface area contributed by atoms with Crippen LogP contribution >= 0.6 is 7.60 Å². The van der Waals surface area contributed by atoms with Gasteiger partial charge in [-0.15, -0.1) is 0 Å². The normalized spacial score (nSPS) is 14.4. The predicted octanol–water partition coefficient (Wildman–Crippen LogP) is 1.33. The number of nitrogen functional groups attached to an aromatic ring is 1. The average molecular weight is 377 g/mol. The summed E-state index contributed by atoms with van der Waals surface area (Å²) < 4.78 is 13.7. The molecule has 0 aliphatic heterocycles. The van der Waals surface area contributed by atoms with Crippen molar-refractivity contribution >= 4 is 24.6 Å². The number of imidazole rings is 1. The van der Waals surface area contributed by atoms with Crippen molar-refractivity contribution in [1.29, 1.82) is 0 Å². The van der Waals surface area contributed by atoms with Gasteiger partial charge in [-0.05, 0) is 12.0 Å². The Morgan fingerprint density at radius 2 is 1.88 bits per heavy atom. The molecule has 0 fully saturated rings. The lowest BCUT2D eigenvalue weighted by Gasteiger charge is -2.24. The Morgan fingerprint density at radius 1 is 1.15 bits per heavy atom. The van der Waals surface area contributed by atoms with Gasteiger partial charge in [0.1, 0.15) is 11.8 Å². The highest BCUT2D eigenvalue weighted by Gasteiger charge is 2.32. The average Bonchev–Trinajstić information content (AvgIpc) is 3.02. The maximum atomic E-state index is 12.0. The van der Waals surface area contributed by atoms with Crippen LogP contribution in [0.15, 0.2) is 43.0 Å². The van der Waals surface area contributed by atoms with E-state index in [0.717, 1.165) is 0 Å². The van der Waals surface area contributed by atoms with E-state index < -0.39 is 19.2 Å². The molecule has 138 valence electrons.